The van der Waals surface area contributed by atoms with E-state index >= 15 is 0 Å². The molecule has 4 nitrogen and oxygen atoms in total. The minimum atomic E-state index is -0.497. The van der Waals surface area contributed by atoms with Gasteiger partial charge >= 0.3 is 11.9 Å². The molecule has 4 heteroatoms. The van der Waals surface area contributed by atoms with Gasteiger partial charge in [0.1, 0.15) is 25.0 Å². The molecule has 0 unspecified atom stereocenters. The molecule has 0 saturated carbocycles. The van der Waals surface area contributed by atoms with Crippen molar-refractivity contribution >= 4 is 11.9 Å². The van der Waals surface area contributed by atoms with Crippen LogP contribution in [0.2, 0.25) is 0 Å². The third-order valence-corrected chi connectivity index (χ3v) is 6.79. The van der Waals surface area contributed by atoms with Gasteiger partial charge in [-0.1, -0.05) is 146 Å². The maximum atomic E-state index is 13.2. The smallest absolute Gasteiger partial charge is 0.318 e. The molecule has 0 atom stereocenters. The standard InChI is InChI=1S/C36H30O4/c37-35(33(29-13-5-1-6-14-29)30-15-7-2-8-16-30)39-25-27-21-23-28(24-22-27)26-40-36(38)34(31-17-9-3-10-18-31)32-19-11-4-12-20-32/h1-24,33-34H,25-26H2. The molecule has 40 heavy (non-hydrogen) atoms. The first-order valence-corrected chi connectivity index (χ1v) is 13.3. The fourth-order valence-corrected chi connectivity index (χ4v) is 4.72. The Morgan fingerprint density at radius 1 is 0.400 bits per heavy atom. The number of hydrogen-bond donors (Lipinski definition) is 0. The van der Waals surface area contributed by atoms with Gasteiger partial charge < -0.3 is 9.47 Å². The Morgan fingerprint density at radius 3 is 0.900 bits per heavy atom. The molecule has 5 aromatic carbocycles. The lowest BCUT2D eigenvalue weighted by Gasteiger charge is -2.18. The number of esters is 2. The summed E-state index contributed by atoms with van der Waals surface area (Å²) in [6.07, 6.45) is 0. The molecular formula is C36H30O4. The van der Waals surface area contributed by atoms with Crippen LogP contribution in [-0.4, -0.2) is 11.9 Å². The monoisotopic (exact) mass is 526 g/mol. The second kappa shape index (κ2) is 13.2. The fraction of sp³-hybridized carbons (Fsp3) is 0.111. The Labute approximate surface area is 234 Å². The first-order valence-electron chi connectivity index (χ1n) is 13.3. The van der Waals surface area contributed by atoms with Crippen molar-refractivity contribution in [2.24, 2.45) is 0 Å². The average Bonchev–Trinajstić information content (AvgIpc) is 3.02. The molecule has 0 N–H and O–H groups in total. The Hall–Kier alpha value is -4.96. The number of rotatable bonds is 10. The summed E-state index contributed by atoms with van der Waals surface area (Å²) < 4.78 is 11.5. The van der Waals surface area contributed by atoms with Crippen LogP contribution in [0.4, 0.5) is 0 Å². The van der Waals surface area contributed by atoms with E-state index in [1.54, 1.807) is 0 Å². The van der Waals surface area contributed by atoms with Gasteiger partial charge in [-0.05, 0) is 33.4 Å². The summed E-state index contributed by atoms with van der Waals surface area (Å²) in [7, 11) is 0. The zero-order valence-corrected chi connectivity index (χ0v) is 22.1. The van der Waals surface area contributed by atoms with Crippen LogP contribution >= 0.6 is 0 Å². The summed E-state index contributed by atoms with van der Waals surface area (Å²) in [5, 5.41) is 0. The van der Waals surface area contributed by atoms with E-state index in [4.69, 9.17) is 9.47 Å². The van der Waals surface area contributed by atoms with Crippen molar-refractivity contribution in [1.82, 2.24) is 0 Å². The van der Waals surface area contributed by atoms with Gasteiger partial charge in [0.15, 0.2) is 0 Å². The number of carbonyl (C=O) groups excluding carboxylic acids is 2. The van der Waals surface area contributed by atoms with E-state index in [1.165, 1.54) is 0 Å². The zero-order valence-electron chi connectivity index (χ0n) is 22.1. The van der Waals surface area contributed by atoms with Crippen LogP contribution in [0.15, 0.2) is 146 Å². The molecule has 0 bridgehead atoms. The third-order valence-electron chi connectivity index (χ3n) is 6.79. The summed E-state index contributed by atoms with van der Waals surface area (Å²) in [4.78, 5) is 26.4. The molecule has 0 aliphatic rings. The van der Waals surface area contributed by atoms with E-state index in [1.807, 2.05) is 146 Å². The van der Waals surface area contributed by atoms with Crippen molar-refractivity contribution < 1.29 is 19.1 Å². The van der Waals surface area contributed by atoms with Crippen LogP contribution in [0, 0.1) is 0 Å². The molecule has 5 rings (SSSR count). The maximum Gasteiger partial charge on any atom is 0.318 e. The molecule has 0 fully saturated rings. The molecule has 0 aliphatic carbocycles. The molecule has 0 heterocycles. The van der Waals surface area contributed by atoms with E-state index in [0.29, 0.717) is 0 Å². The first-order chi connectivity index (χ1) is 19.7. The van der Waals surface area contributed by atoms with E-state index in [-0.39, 0.29) is 25.2 Å². The lowest BCUT2D eigenvalue weighted by atomic mass is 9.91. The van der Waals surface area contributed by atoms with Crippen LogP contribution in [0.1, 0.15) is 45.2 Å². The molecule has 0 saturated heterocycles. The molecule has 0 radical (unpaired) electrons. The Morgan fingerprint density at radius 2 is 0.650 bits per heavy atom. The lowest BCUT2D eigenvalue weighted by Crippen LogP contribution is -2.17. The van der Waals surface area contributed by atoms with Crippen LogP contribution in [0.5, 0.6) is 0 Å². The molecule has 198 valence electrons. The van der Waals surface area contributed by atoms with Crippen molar-refractivity contribution in [2.75, 3.05) is 0 Å². The van der Waals surface area contributed by atoms with Gasteiger partial charge in [0.25, 0.3) is 0 Å². The molecule has 0 aliphatic heterocycles. The number of ether oxygens (including phenoxy) is 2. The minimum absolute atomic E-state index is 0.152. The normalized spacial score (nSPS) is 10.8. The molecule has 5 aromatic rings. The van der Waals surface area contributed by atoms with Crippen LogP contribution in [-0.2, 0) is 32.3 Å². The third kappa shape index (κ3) is 6.72. The summed E-state index contributed by atoms with van der Waals surface area (Å²) in [6.45, 7) is 0.304. The van der Waals surface area contributed by atoms with E-state index in [0.717, 1.165) is 33.4 Å². The zero-order chi connectivity index (χ0) is 27.6. The molecule has 0 spiro atoms. The largest absolute Gasteiger partial charge is 0.460 e. The van der Waals surface area contributed by atoms with Gasteiger partial charge in [0.05, 0.1) is 0 Å². The highest BCUT2D eigenvalue weighted by atomic mass is 16.5. The van der Waals surface area contributed by atoms with Gasteiger partial charge in [-0.2, -0.15) is 0 Å². The number of benzene rings is 5. The Bertz CT molecular complexity index is 1300. The van der Waals surface area contributed by atoms with Crippen molar-refractivity contribution in [2.45, 2.75) is 25.0 Å². The maximum absolute atomic E-state index is 13.2. The highest BCUT2D eigenvalue weighted by Crippen LogP contribution is 2.28. The van der Waals surface area contributed by atoms with Crippen molar-refractivity contribution in [3.05, 3.63) is 179 Å². The predicted molar refractivity (Wildman–Crippen MR) is 155 cm³/mol. The first kappa shape index (κ1) is 26.6. The van der Waals surface area contributed by atoms with Crippen LogP contribution in [0.25, 0.3) is 0 Å². The SMILES string of the molecule is O=C(OCc1ccc(COC(=O)C(c2ccccc2)c2ccccc2)cc1)C(c1ccccc1)c1ccccc1. The van der Waals surface area contributed by atoms with Crippen LogP contribution in [0.3, 0.4) is 0 Å². The quantitative estimate of drug-likeness (QED) is 0.178. The van der Waals surface area contributed by atoms with Gasteiger partial charge in [-0.3, -0.25) is 9.59 Å². The predicted octanol–water partition coefficient (Wildman–Crippen LogP) is 7.44. The van der Waals surface area contributed by atoms with E-state index in [2.05, 4.69) is 0 Å². The van der Waals surface area contributed by atoms with Crippen molar-refractivity contribution in [1.29, 1.82) is 0 Å². The second-order valence-corrected chi connectivity index (χ2v) is 9.54. The number of carbonyl (C=O) groups is 2. The van der Waals surface area contributed by atoms with Crippen molar-refractivity contribution in [3.8, 4) is 0 Å². The van der Waals surface area contributed by atoms with Crippen molar-refractivity contribution in [3.63, 3.8) is 0 Å². The lowest BCUT2D eigenvalue weighted by molar-refractivity contribution is -0.146. The molecule has 0 aromatic heterocycles. The number of hydrogen-bond acceptors (Lipinski definition) is 4. The van der Waals surface area contributed by atoms with E-state index in [9.17, 15) is 9.59 Å². The summed E-state index contributed by atoms with van der Waals surface area (Å²) in [5.41, 5.74) is 5.27. The Kier molecular flexibility index (Phi) is 8.80. The topological polar surface area (TPSA) is 52.6 Å². The average molecular weight is 527 g/mol. The fourth-order valence-electron chi connectivity index (χ4n) is 4.72. The van der Waals surface area contributed by atoms with Crippen LogP contribution < -0.4 is 0 Å². The molecule has 0 amide bonds. The second-order valence-electron chi connectivity index (χ2n) is 9.54. The summed E-state index contributed by atoms with van der Waals surface area (Å²) in [6, 6.07) is 46.2. The summed E-state index contributed by atoms with van der Waals surface area (Å²) in [5.74, 6) is -1.60. The molecular weight excluding hydrogens is 496 g/mol. The highest BCUT2D eigenvalue weighted by molar-refractivity contribution is 5.83. The Balaban J connectivity index is 1.21. The van der Waals surface area contributed by atoms with Gasteiger partial charge in [-0.15, -0.1) is 0 Å². The summed E-state index contributed by atoms with van der Waals surface area (Å²) >= 11 is 0. The van der Waals surface area contributed by atoms with Gasteiger partial charge in [-0.25, -0.2) is 0 Å². The van der Waals surface area contributed by atoms with Gasteiger partial charge in [0, 0.05) is 0 Å². The minimum Gasteiger partial charge on any atom is -0.460 e. The highest BCUT2D eigenvalue weighted by Gasteiger charge is 2.25. The van der Waals surface area contributed by atoms with Gasteiger partial charge in [0.2, 0.25) is 0 Å². The van der Waals surface area contributed by atoms with E-state index < -0.39 is 11.8 Å².